The van der Waals surface area contributed by atoms with E-state index in [9.17, 15) is 0 Å². The number of hydrogen-bond acceptors (Lipinski definition) is 3. The summed E-state index contributed by atoms with van der Waals surface area (Å²) in [4.78, 5) is 0. The van der Waals surface area contributed by atoms with E-state index in [-0.39, 0.29) is 0 Å². The Morgan fingerprint density at radius 3 is 2.69 bits per heavy atom. The van der Waals surface area contributed by atoms with Gasteiger partial charge >= 0.3 is 0 Å². The molecule has 0 saturated heterocycles. The number of aromatic nitrogens is 2. The Kier molecular flexibility index (Phi) is 5.86. The van der Waals surface area contributed by atoms with Gasteiger partial charge in [-0.2, -0.15) is 16.9 Å². The van der Waals surface area contributed by atoms with Crippen LogP contribution in [0.3, 0.4) is 0 Å². The number of aryl methyl sites for hydroxylation is 2. The van der Waals surface area contributed by atoms with Gasteiger partial charge in [0.25, 0.3) is 0 Å². The van der Waals surface area contributed by atoms with Crippen molar-refractivity contribution in [1.29, 1.82) is 0 Å². The summed E-state index contributed by atoms with van der Waals surface area (Å²) >= 11 is 5.53. The molecule has 0 amide bonds. The predicted molar refractivity (Wildman–Crippen MR) is 74.8 cm³/mol. The van der Waals surface area contributed by atoms with Crippen LogP contribution < -0.4 is 5.73 Å². The topological polar surface area (TPSA) is 43.8 Å². The molecule has 0 aliphatic carbocycles. The summed E-state index contributed by atoms with van der Waals surface area (Å²) in [6.07, 6.45) is 0.970. The van der Waals surface area contributed by atoms with Crippen molar-refractivity contribution in [1.82, 2.24) is 9.78 Å². The van der Waals surface area contributed by atoms with E-state index in [0.29, 0.717) is 5.25 Å². The molecule has 1 unspecified atom stereocenters. The Labute approximate surface area is 110 Å². The minimum absolute atomic E-state index is 0.497. The normalized spacial score (nSPS) is 13.1. The van der Waals surface area contributed by atoms with Crippen LogP contribution in [0.1, 0.15) is 32.2 Å². The van der Waals surface area contributed by atoms with Crippen LogP contribution in [-0.4, -0.2) is 21.6 Å². The van der Waals surface area contributed by atoms with Crippen LogP contribution >= 0.6 is 27.7 Å². The molecule has 5 heteroatoms. The second-order valence-corrected chi connectivity index (χ2v) is 5.95. The fourth-order valence-corrected chi connectivity index (χ4v) is 3.21. The predicted octanol–water partition coefficient (Wildman–Crippen LogP) is 2.81. The van der Waals surface area contributed by atoms with Crippen molar-refractivity contribution in [3.63, 3.8) is 0 Å². The zero-order valence-electron chi connectivity index (χ0n) is 10.2. The molecule has 3 nitrogen and oxygen atoms in total. The fourth-order valence-electron chi connectivity index (χ4n) is 1.44. The van der Waals surface area contributed by atoms with Crippen LogP contribution in [0.25, 0.3) is 0 Å². The van der Waals surface area contributed by atoms with E-state index in [1.807, 2.05) is 11.8 Å². The van der Waals surface area contributed by atoms with Gasteiger partial charge in [-0.05, 0) is 29.3 Å². The highest BCUT2D eigenvalue weighted by atomic mass is 79.9. The van der Waals surface area contributed by atoms with E-state index < -0.39 is 0 Å². The van der Waals surface area contributed by atoms with Crippen molar-refractivity contribution in [3.05, 3.63) is 15.9 Å². The van der Waals surface area contributed by atoms with Crippen molar-refractivity contribution in [2.24, 2.45) is 5.73 Å². The average molecular weight is 306 g/mol. The molecule has 0 fully saturated rings. The molecule has 1 aromatic rings. The Morgan fingerprint density at radius 1 is 1.50 bits per heavy atom. The van der Waals surface area contributed by atoms with Crippen molar-refractivity contribution < 1.29 is 0 Å². The maximum Gasteiger partial charge on any atom is 0.0767 e. The van der Waals surface area contributed by atoms with Crippen LogP contribution in [0.5, 0.6) is 0 Å². The summed E-state index contributed by atoms with van der Waals surface area (Å²) < 4.78 is 3.26. The molecule has 1 atom stereocenters. The van der Waals surface area contributed by atoms with E-state index in [2.05, 4.69) is 46.5 Å². The van der Waals surface area contributed by atoms with Crippen molar-refractivity contribution in [2.75, 3.05) is 6.54 Å². The third-order valence-corrected chi connectivity index (χ3v) is 4.65. The van der Waals surface area contributed by atoms with Crippen molar-refractivity contribution >= 4 is 27.7 Å². The lowest BCUT2D eigenvalue weighted by Crippen LogP contribution is -2.13. The fraction of sp³-hybridized carbons (Fsp3) is 0.727. The van der Waals surface area contributed by atoms with Gasteiger partial charge in [-0.3, -0.25) is 4.68 Å². The van der Waals surface area contributed by atoms with Crippen molar-refractivity contribution in [2.45, 2.75) is 44.7 Å². The first kappa shape index (κ1) is 14.1. The maximum absolute atomic E-state index is 5.62. The van der Waals surface area contributed by atoms with Gasteiger partial charge in [0.15, 0.2) is 0 Å². The molecule has 0 aromatic carbocycles. The Hall–Kier alpha value is -0.0000000000000000555. The zero-order valence-corrected chi connectivity index (χ0v) is 12.6. The Bertz CT molecular complexity index is 338. The minimum Gasteiger partial charge on any atom is -0.329 e. The number of thioether (sulfide) groups is 1. The number of nitrogens with zero attached hydrogens (tertiary/aromatic N) is 2. The molecule has 0 radical (unpaired) electrons. The van der Waals surface area contributed by atoms with Crippen LogP contribution in [-0.2, 0) is 18.7 Å². The largest absolute Gasteiger partial charge is 0.329 e. The molecular formula is C11H20BrN3S. The molecule has 0 aliphatic rings. The lowest BCUT2D eigenvalue weighted by atomic mass is 10.3. The Balaban J connectivity index is 2.80. The van der Waals surface area contributed by atoms with Crippen LogP contribution in [0, 0.1) is 0 Å². The smallest absolute Gasteiger partial charge is 0.0767 e. The number of hydrogen-bond donors (Lipinski definition) is 1. The highest BCUT2D eigenvalue weighted by molar-refractivity contribution is 9.10. The number of nitrogens with two attached hydrogens (primary N) is 1. The van der Waals surface area contributed by atoms with Gasteiger partial charge in [-0.1, -0.05) is 13.8 Å². The zero-order chi connectivity index (χ0) is 12.1. The Morgan fingerprint density at radius 2 is 2.19 bits per heavy atom. The monoisotopic (exact) mass is 305 g/mol. The molecule has 0 saturated carbocycles. The van der Waals surface area contributed by atoms with Gasteiger partial charge < -0.3 is 5.73 Å². The van der Waals surface area contributed by atoms with Gasteiger partial charge in [0.05, 0.1) is 15.9 Å². The van der Waals surface area contributed by atoms with E-state index >= 15 is 0 Å². The third kappa shape index (κ3) is 3.25. The van der Waals surface area contributed by atoms with E-state index in [1.54, 1.807) is 0 Å². The lowest BCUT2D eigenvalue weighted by Gasteiger charge is -2.09. The SMILES string of the molecule is CCc1nn(CC)c(CSC(C)CN)c1Br. The maximum atomic E-state index is 5.62. The average Bonchev–Trinajstić information content (AvgIpc) is 2.62. The third-order valence-electron chi connectivity index (χ3n) is 2.53. The molecule has 2 N–H and O–H groups in total. The molecule has 0 bridgehead atoms. The summed E-state index contributed by atoms with van der Waals surface area (Å²) in [5.41, 5.74) is 8.05. The van der Waals surface area contributed by atoms with Crippen LogP contribution in [0.2, 0.25) is 0 Å². The molecule has 0 spiro atoms. The van der Waals surface area contributed by atoms with E-state index in [0.717, 1.165) is 31.0 Å². The molecular weight excluding hydrogens is 286 g/mol. The lowest BCUT2D eigenvalue weighted by molar-refractivity contribution is 0.627. The second-order valence-electron chi connectivity index (χ2n) is 3.73. The summed E-state index contributed by atoms with van der Waals surface area (Å²) in [5.74, 6) is 0.972. The molecule has 16 heavy (non-hydrogen) atoms. The first-order valence-corrected chi connectivity index (χ1v) is 7.53. The van der Waals surface area contributed by atoms with E-state index in [4.69, 9.17) is 5.73 Å². The molecule has 92 valence electrons. The minimum atomic E-state index is 0.497. The van der Waals surface area contributed by atoms with Crippen LogP contribution in [0.15, 0.2) is 4.47 Å². The molecule has 1 aromatic heterocycles. The molecule has 1 rings (SSSR count). The summed E-state index contributed by atoms with van der Waals surface area (Å²) in [6, 6.07) is 0. The highest BCUT2D eigenvalue weighted by Crippen LogP contribution is 2.27. The number of halogens is 1. The first-order valence-electron chi connectivity index (χ1n) is 5.69. The standard InChI is InChI=1S/C11H20BrN3S/c1-4-9-11(12)10(15(5-2)14-9)7-16-8(3)6-13/h8H,4-7,13H2,1-3H3. The van der Waals surface area contributed by atoms with Gasteiger partial charge in [0, 0.05) is 24.1 Å². The van der Waals surface area contributed by atoms with Gasteiger partial charge in [0.1, 0.15) is 0 Å². The van der Waals surface area contributed by atoms with Gasteiger partial charge in [-0.15, -0.1) is 0 Å². The summed E-state index contributed by atoms with van der Waals surface area (Å²) in [7, 11) is 0. The summed E-state index contributed by atoms with van der Waals surface area (Å²) in [5, 5.41) is 5.07. The highest BCUT2D eigenvalue weighted by Gasteiger charge is 2.14. The van der Waals surface area contributed by atoms with E-state index in [1.165, 1.54) is 10.2 Å². The van der Waals surface area contributed by atoms with Crippen molar-refractivity contribution in [3.8, 4) is 0 Å². The molecule has 1 heterocycles. The van der Waals surface area contributed by atoms with Gasteiger partial charge in [0.2, 0.25) is 0 Å². The quantitative estimate of drug-likeness (QED) is 0.879. The summed E-state index contributed by atoms with van der Waals surface area (Å²) in [6.45, 7) is 8.06. The first-order chi connectivity index (χ1) is 7.63. The van der Waals surface area contributed by atoms with Crippen LogP contribution in [0.4, 0.5) is 0 Å². The second kappa shape index (κ2) is 6.67. The number of rotatable bonds is 6. The van der Waals surface area contributed by atoms with Gasteiger partial charge in [-0.25, -0.2) is 0 Å². The molecule has 0 aliphatic heterocycles.